The fourth-order valence-electron chi connectivity index (χ4n) is 4.08. The number of rotatable bonds is 13. The Kier molecular flexibility index (Phi) is 10.8. The third-order valence-corrected chi connectivity index (χ3v) is 8.10. The SMILES string of the molecule is CC(C)CNC(=O)[C@@H](Cc1ccccc1)N(Cc1ccccc1)C(=O)CN(c1ccc(F)cc1)S(=O)(=O)N(C)C. The monoisotopic (exact) mass is 568 g/mol. The van der Waals surface area contributed by atoms with E-state index in [-0.39, 0.29) is 30.5 Å². The molecule has 2 amide bonds. The third kappa shape index (κ3) is 8.37. The Morgan fingerprint density at radius 3 is 1.93 bits per heavy atom. The van der Waals surface area contributed by atoms with E-state index in [1.807, 2.05) is 74.5 Å². The first kappa shape index (κ1) is 30.8. The van der Waals surface area contributed by atoms with Gasteiger partial charge in [0.1, 0.15) is 18.4 Å². The molecular weight excluding hydrogens is 531 g/mol. The quantitative estimate of drug-likeness (QED) is 0.339. The molecule has 0 aliphatic carbocycles. The van der Waals surface area contributed by atoms with Crippen molar-refractivity contribution >= 4 is 27.7 Å². The summed E-state index contributed by atoms with van der Waals surface area (Å²) in [5.41, 5.74) is 1.77. The number of benzene rings is 3. The Hall–Kier alpha value is -3.76. The van der Waals surface area contributed by atoms with E-state index in [2.05, 4.69) is 5.32 Å². The minimum Gasteiger partial charge on any atom is -0.354 e. The highest BCUT2D eigenvalue weighted by atomic mass is 32.2. The predicted molar refractivity (Wildman–Crippen MR) is 155 cm³/mol. The van der Waals surface area contributed by atoms with Crippen LogP contribution in [0.2, 0.25) is 0 Å². The molecule has 40 heavy (non-hydrogen) atoms. The summed E-state index contributed by atoms with van der Waals surface area (Å²) < 4.78 is 42.2. The highest BCUT2D eigenvalue weighted by Gasteiger charge is 2.34. The van der Waals surface area contributed by atoms with Gasteiger partial charge in [-0.3, -0.25) is 9.59 Å². The summed E-state index contributed by atoms with van der Waals surface area (Å²) in [4.78, 5) is 29.1. The van der Waals surface area contributed by atoms with Gasteiger partial charge in [0.2, 0.25) is 11.8 Å². The second-order valence-electron chi connectivity index (χ2n) is 10.1. The minimum atomic E-state index is -4.14. The fourth-order valence-corrected chi connectivity index (χ4v) is 5.14. The van der Waals surface area contributed by atoms with E-state index >= 15 is 0 Å². The van der Waals surface area contributed by atoms with Crippen LogP contribution in [0, 0.1) is 11.7 Å². The molecule has 0 bridgehead atoms. The molecule has 0 saturated carbocycles. The molecule has 0 radical (unpaired) electrons. The van der Waals surface area contributed by atoms with Crippen molar-refractivity contribution in [2.24, 2.45) is 5.92 Å². The number of nitrogens with zero attached hydrogens (tertiary/aromatic N) is 3. The van der Waals surface area contributed by atoms with Gasteiger partial charge in [-0.25, -0.2) is 8.70 Å². The molecule has 214 valence electrons. The molecule has 0 fully saturated rings. The molecule has 10 heteroatoms. The van der Waals surface area contributed by atoms with E-state index in [0.29, 0.717) is 6.54 Å². The van der Waals surface area contributed by atoms with E-state index in [9.17, 15) is 22.4 Å². The van der Waals surface area contributed by atoms with Gasteiger partial charge in [0.05, 0.1) is 5.69 Å². The Bertz CT molecular complexity index is 1350. The van der Waals surface area contributed by atoms with E-state index in [1.165, 1.54) is 31.1 Å². The van der Waals surface area contributed by atoms with Gasteiger partial charge in [0.15, 0.2) is 0 Å². The van der Waals surface area contributed by atoms with Crippen LogP contribution in [-0.4, -0.2) is 62.7 Å². The number of nitrogens with one attached hydrogen (secondary N) is 1. The Labute approximate surface area is 236 Å². The standard InChI is InChI=1S/C30H37FN4O4S/c1-23(2)20-32-30(37)28(19-24-11-7-5-8-12-24)34(21-25-13-9-6-10-14-25)29(36)22-35(40(38,39)33(3)4)27-17-15-26(31)16-18-27/h5-18,23,28H,19-22H2,1-4H3,(H,32,37)/t28-/m1/s1. The van der Waals surface area contributed by atoms with Gasteiger partial charge in [-0.05, 0) is 41.3 Å². The second kappa shape index (κ2) is 14.0. The average molecular weight is 569 g/mol. The lowest BCUT2D eigenvalue weighted by atomic mass is 10.0. The lowest BCUT2D eigenvalue weighted by Crippen LogP contribution is -2.54. The highest BCUT2D eigenvalue weighted by Crippen LogP contribution is 2.22. The van der Waals surface area contributed by atoms with Gasteiger partial charge in [-0.1, -0.05) is 74.5 Å². The maximum Gasteiger partial charge on any atom is 0.304 e. The fraction of sp³-hybridized carbons (Fsp3) is 0.333. The molecule has 1 atom stereocenters. The molecule has 0 unspecified atom stereocenters. The molecular formula is C30H37FN4O4S. The van der Waals surface area contributed by atoms with Crippen molar-refractivity contribution < 1.29 is 22.4 Å². The lowest BCUT2D eigenvalue weighted by molar-refractivity contribution is -0.140. The molecule has 1 N–H and O–H groups in total. The predicted octanol–water partition coefficient (Wildman–Crippen LogP) is 3.85. The van der Waals surface area contributed by atoms with Crippen LogP contribution >= 0.6 is 0 Å². The van der Waals surface area contributed by atoms with Crippen molar-refractivity contribution in [2.45, 2.75) is 32.9 Å². The van der Waals surface area contributed by atoms with Crippen molar-refractivity contribution in [2.75, 3.05) is 31.5 Å². The third-order valence-electron chi connectivity index (χ3n) is 6.28. The second-order valence-corrected chi connectivity index (χ2v) is 12.2. The van der Waals surface area contributed by atoms with Crippen LogP contribution in [0.5, 0.6) is 0 Å². The number of hydrogen-bond acceptors (Lipinski definition) is 4. The van der Waals surface area contributed by atoms with Crippen LogP contribution in [0.4, 0.5) is 10.1 Å². The van der Waals surface area contributed by atoms with Crippen LogP contribution in [0.15, 0.2) is 84.9 Å². The topological polar surface area (TPSA) is 90.0 Å². The summed E-state index contributed by atoms with van der Waals surface area (Å²) in [5, 5.41) is 2.95. The zero-order valence-electron chi connectivity index (χ0n) is 23.3. The molecule has 0 saturated heterocycles. The lowest BCUT2D eigenvalue weighted by Gasteiger charge is -2.34. The van der Waals surface area contributed by atoms with Gasteiger partial charge in [0, 0.05) is 33.6 Å². The molecule has 0 aliphatic rings. The van der Waals surface area contributed by atoms with E-state index in [0.717, 1.165) is 31.9 Å². The first-order valence-corrected chi connectivity index (χ1v) is 14.5. The molecule has 0 heterocycles. The Balaban J connectivity index is 2.06. The first-order chi connectivity index (χ1) is 19.0. The van der Waals surface area contributed by atoms with Crippen LogP contribution in [0.3, 0.4) is 0 Å². The van der Waals surface area contributed by atoms with Crippen molar-refractivity contribution in [3.8, 4) is 0 Å². The molecule has 3 aromatic rings. The maximum atomic E-state index is 14.1. The van der Waals surface area contributed by atoms with Gasteiger partial charge in [-0.15, -0.1) is 0 Å². The summed E-state index contributed by atoms with van der Waals surface area (Å²) in [6.45, 7) is 3.89. The number of carbonyl (C=O) groups is 2. The normalized spacial score (nSPS) is 12.3. The summed E-state index contributed by atoms with van der Waals surface area (Å²) in [7, 11) is -1.42. The molecule has 8 nitrogen and oxygen atoms in total. The molecule has 3 aromatic carbocycles. The van der Waals surface area contributed by atoms with Gasteiger partial charge in [0.25, 0.3) is 0 Å². The number of carbonyl (C=O) groups excluding carboxylic acids is 2. The van der Waals surface area contributed by atoms with E-state index < -0.39 is 34.5 Å². The van der Waals surface area contributed by atoms with Crippen molar-refractivity contribution in [1.29, 1.82) is 0 Å². The Morgan fingerprint density at radius 2 is 1.40 bits per heavy atom. The largest absolute Gasteiger partial charge is 0.354 e. The Morgan fingerprint density at radius 1 is 0.850 bits per heavy atom. The van der Waals surface area contributed by atoms with Crippen LogP contribution in [0.1, 0.15) is 25.0 Å². The number of amides is 2. The number of anilines is 1. The van der Waals surface area contributed by atoms with Gasteiger partial charge >= 0.3 is 10.2 Å². The highest BCUT2D eigenvalue weighted by molar-refractivity contribution is 7.90. The van der Waals surface area contributed by atoms with Gasteiger partial charge in [-0.2, -0.15) is 12.7 Å². The van der Waals surface area contributed by atoms with Crippen LogP contribution in [-0.2, 0) is 32.8 Å². The summed E-state index contributed by atoms with van der Waals surface area (Å²) >= 11 is 0. The first-order valence-electron chi connectivity index (χ1n) is 13.1. The number of halogens is 1. The summed E-state index contributed by atoms with van der Waals surface area (Å²) in [5.74, 6) is -1.24. The zero-order chi connectivity index (χ0) is 29.3. The molecule has 3 rings (SSSR count). The molecule has 0 aliphatic heterocycles. The van der Waals surface area contributed by atoms with Crippen molar-refractivity contribution in [1.82, 2.24) is 14.5 Å². The molecule has 0 spiro atoms. The maximum absolute atomic E-state index is 14.1. The average Bonchev–Trinajstić information content (AvgIpc) is 2.93. The summed E-state index contributed by atoms with van der Waals surface area (Å²) in [6, 6.07) is 22.6. The van der Waals surface area contributed by atoms with Crippen LogP contribution in [0.25, 0.3) is 0 Å². The van der Waals surface area contributed by atoms with Crippen molar-refractivity contribution in [3.63, 3.8) is 0 Å². The smallest absolute Gasteiger partial charge is 0.304 e. The zero-order valence-corrected chi connectivity index (χ0v) is 24.1. The summed E-state index contributed by atoms with van der Waals surface area (Å²) in [6.07, 6.45) is 0.236. The minimum absolute atomic E-state index is 0.0888. The van der Waals surface area contributed by atoms with Crippen molar-refractivity contribution in [3.05, 3.63) is 102 Å². The van der Waals surface area contributed by atoms with E-state index in [4.69, 9.17) is 0 Å². The van der Waals surface area contributed by atoms with Crippen LogP contribution < -0.4 is 9.62 Å². The van der Waals surface area contributed by atoms with Gasteiger partial charge < -0.3 is 10.2 Å². The number of hydrogen-bond donors (Lipinski definition) is 1. The molecule has 0 aromatic heterocycles. The van der Waals surface area contributed by atoms with E-state index in [1.54, 1.807) is 0 Å².